The van der Waals surface area contributed by atoms with E-state index in [1.807, 2.05) is 6.92 Å². The molecule has 7 nitrogen and oxygen atoms in total. The van der Waals surface area contributed by atoms with E-state index in [1.165, 1.54) is 35.2 Å². The molecular weight excluding hydrogens is 477 g/mol. The highest BCUT2D eigenvalue weighted by Gasteiger charge is 2.60. The van der Waals surface area contributed by atoms with Gasteiger partial charge in [-0.2, -0.15) is 13.2 Å². The number of nitrogens with one attached hydrogen (secondary N) is 1. The molecule has 1 N–H and O–H groups in total. The van der Waals surface area contributed by atoms with Crippen LogP contribution < -0.4 is 10.2 Å². The van der Waals surface area contributed by atoms with Gasteiger partial charge in [0.05, 0.1) is 28.7 Å². The number of fused-ring (bicyclic) bond motifs is 5. The molecular formula is C26H21F3N2O5. The van der Waals surface area contributed by atoms with Gasteiger partial charge >= 0.3 is 12.1 Å². The van der Waals surface area contributed by atoms with E-state index in [0.29, 0.717) is 5.69 Å². The summed E-state index contributed by atoms with van der Waals surface area (Å²) in [6.07, 6.45) is -1.64. The summed E-state index contributed by atoms with van der Waals surface area (Å²) in [5.74, 6) is -2.62. The first-order chi connectivity index (χ1) is 17.0. The van der Waals surface area contributed by atoms with Crippen LogP contribution in [0.5, 0.6) is 0 Å². The highest BCUT2D eigenvalue weighted by molar-refractivity contribution is 6.23. The number of alkyl halides is 3. The Morgan fingerprint density at radius 2 is 1.75 bits per heavy atom. The van der Waals surface area contributed by atoms with Gasteiger partial charge in [0.2, 0.25) is 11.8 Å². The second-order valence-corrected chi connectivity index (χ2v) is 9.23. The number of allylic oxidation sites excluding steroid dienone is 2. The smallest absolute Gasteiger partial charge is 0.416 e. The third kappa shape index (κ3) is 4.06. The number of hydrogen-bond donors (Lipinski definition) is 1. The van der Waals surface area contributed by atoms with Gasteiger partial charge in [-0.3, -0.25) is 19.3 Å². The first-order valence-corrected chi connectivity index (χ1v) is 11.3. The maximum atomic E-state index is 13.0. The van der Waals surface area contributed by atoms with Crippen molar-refractivity contribution in [2.24, 2.45) is 23.7 Å². The molecule has 4 atom stereocenters. The molecule has 0 spiro atoms. The molecule has 36 heavy (non-hydrogen) atoms. The Kier molecular flexibility index (Phi) is 5.69. The zero-order valence-electron chi connectivity index (χ0n) is 19.0. The van der Waals surface area contributed by atoms with Crippen LogP contribution in [0.3, 0.4) is 0 Å². The number of rotatable bonds is 5. The quantitative estimate of drug-likeness (QED) is 0.379. The van der Waals surface area contributed by atoms with E-state index in [-0.39, 0.29) is 46.7 Å². The monoisotopic (exact) mass is 498 g/mol. The van der Waals surface area contributed by atoms with Crippen LogP contribution in [0, 0.1) is 23.7 Å². The summed E-state index contributed by atoms with van der Waals surface area (Å²) < 4.78 is 43.4. The van der Waals surface area contributed by atoms with Crippen molar-refractivity contribution in [3.05, 3.63) is 71.3 Å². The molecule has 10 heteroatoms. The van der Waals surface area contributed by atoms with Crippen LogP contribution in [0.25, 0.3) is 0 Å². The Labute approximate surface area is 203 Å². The van der Waals surface area contributed by atoms with Crippen LogP contribution in [0.2, 0.25) is 0 Å². The molecule has 2 bridgehead atoms. The van der Waals surface area contributed by atoms with Gasteiger partial charge in [-0.15, -0.1) is 0 Å². The first kappa shape index (κ1) is 23.8. The van der Waals surface area contributed by atoms with Crippen molar-refractivity contribution in [3.63, 3.8) is 0 Å². The van der Waals surface area contributed by atoms with Crippen LogP contribution in [-0.2, 0) is 25.3 Å². The minimum Gasteiger partial charge on any atom is -0.452 e. The number of imide groups is 1. The van der Waals surface area contributed by atoms with Gasteiger partial charge in [-0.25, -0.2) is 4.79 Å². The van der Waals surface area contributed by atoms with Crippen LogP contribution >= 0.6 is 0 Å². The average molecular weight is 498 g/mol. The average Bonchev–Trinajstić information content (AvgIpc) is 3.47. The molecule has 2 aliphatic carbocycles. The fourth-order valence-electron chi connectivity index (χ4n) is 5.46. The zero-order chi connectivity index (χ0) is 25.8. The Balaban J connectivity index is 1.19. The lowest BCUT2D eigenvalue weighted by molar-refractivity contribution is -0.137. The zero-order valence-corrected chi connectivity index (χ0v) is 19.0. The molecule has 186 valence electrons. The number of esters is 1. The summed E-state index contributed by atoms with van der Waals surface area (Å²) in [5.41, 5.74) is 0.589. The van der Waals surface area contributed by atoms with Crippen molar-refractivity contribution >= 4 is 35.1 Å². The summed E-state index contributed by atoms with van der Waals surface area (Å²) in [6.45, 7) is 1.28. The van der Waals surface area contributed by atoms with Gasteiger partial charge in [-0.1, -0.05) is 17.7 Å². The Morgan fingerprint density at radius 3 is 2.44 bits per heavy atom. The Hall–Kier alpha value is -3.95. The number of anilines is 2. The molecule has 0 radical (unpaired) electrons. The summed E-state index contributed by atoms with van der Waals surface area (Å²) >= 11 is 0. The van der Waals surface area contributed by atoms with Gasteiger partial charge < -0.3 is 10.1 Å². The second kappa shape index (κ2) is 8.61. The maximum Gasteiger partial charge on any atom is 0.416 e. The number of carbonyl (C=O) groups excluding carboxylic acids is 4. The summed E-state index contributed by atoms with van der Waals surface area (Å²) in [4.78, 5) is 51.6. The van der Waals surface area contributed by atoms with Gasteiger partial charge in [-0.05, 0) is 67.6 Å². The SMILES string of the molecule is CC1=C[C@H]2C[C@H]1[C@@H]1C(=O)N(c3ccc(C(=O)OCC(=O)Nc4cccc(C(F)(F)F)c4)cc3)C(=O)[C@H]12. The van der Waals surface area contributed by atoms with Gasteiger partial charge in [0.15, 0.2) is 6.61 Å². The third-order valence-electron chi connectivity index (χ3n) is 7.05. The molecule has 0 unspecified atom stereocenters. The summed E-state index contributed by atoms with van der Waals surface area (Å²) in [6, 6.07) is 9.79. The third-order valence-corrected chi connectivity index (χ3v) is 7.05. The molecule has 2 aromatic carbocycles. The summed E-state index contributed by atoms with van der Waals surface area (Å²) in [5, 5.41) is 2.25. The van der Waals surface area contributed by atoms with Gasteiger partial charge in [0.1, 0.15) is 0 Å². The summed E-state index contributed by atoms with van der Waals surface area (Å²) in [7, 11) is 0. The van der Waals surface area contributed by atoms with Crippen molar-refractivity contribution < 1.29 is 37.1 Å². The number of nitrogens with zero attached hydrogens (tertiary/aromatic N) is 1. The number of halogens is 3. The maximum absolute atomic E-state index is 13.0. The number of amides is 3. The molecule has 1 aliphatic heterocycles. The lowest BCUT2D eigenvalue weighted by Crippen LogP contribution is -2.33. The van der Waals surface area contributed by atoms with E-state index in [0.717, 1.165) is 30.2 Å². The molecule has 0 aromatic heterocycles. The molecule has 1 saturated heterocycles. The number of carbonyl (C=O) groups is 4. The Morgan fingerprint density at radius 1 is 1.06 bits per heavy atom. The van der Waals surface area contributed by atoms with Crippen molar-refractivity contribution in [1.82, 2.24) is 0 Å². The van der Waals surface area contributed by atoms with E-state index in [9.17, 15) is 32.3 Å². The van der Waals surface area contributed by atoms with Gasteiger partial charge in [0.25, 0.3) is 5.91 Å². The predicted octanol–water partition coefficient (Wildman–Crippen LogP) is 4.20. The van der Waals surface area contributed by atoms with E-state index < -0.39 is 30.2 Å². The number of ether oxygens (including phenoxy) is 1. The van der Waals surface area contributed by atoms with E-state index in [4.69, 9.17) is 4.74 Å². The standard InChI is InChI=1S/C26H21F3N2O5/c1-13-9-15-10-19(13)22-21(15)23(33)31(24(22)34)18-7-5-14(6-8-18)25(35)36-12-20(32)30-17-4-2-3-16(11-17)26(27,28)29/h2-9,11,15,19,21-22H,10,12H2,1H3,(H,30,32)/t15-,19+,21-,22-/m0/s1. The highest BCUT2D eigenvalue weighted by atomic mass is 19.4. The first-order valence-electron chi connectivity index (χ1n) is 11.3. The van der Waals surface area contributed by atoms with Gasteiger partial charge in [0, 0.05) is 5.69 Å². The largest absolute Gasteiger partial charge is 0.452 e. The topological polar surface area (TPSA) is 92.8 Å². The van der Waals surface area contributed by atoms with Crippen LogP contribution in [0.15, 0.2) is 60.2 Å². The fraction of sp³-hybridized carbons (Fsp3) is 0.308. The van der Waals surface area contributed by atoms with Crippen molar-refractivity contribution in [1.29, 1.82) is 0 Å². The molecule has 2 aromatic rings. The molecule has 1 heterocycles. The van der Waals surface area contributed by atoms with Crippen molar-refractivity contribution in [2.75, 3.05) is 16.8 Å². The highest BCUT2D eigenvalue weighted by Crippen LogP contribution is 2.55. The van der Waals surface area contributed by atoms with Crippen molar-refractivity contribution in [2.45, 2.75) is 19.5 Å². The lowest BCUT2D eigenvalue weighted by atomic mass is 9.82. The Bertz CT molecular complexity index is 1300. The van der Waals surface area contributed by atoms with E-state index >= 15 is 0 Å². The molecule has 5 rings (SSSR count). The molecule has 3 aliphatic rings. The normalized spacial score (nSPS) is 24.6. The lowest BCUT2D eigenvalue weighted by Gasteiger charge is -2.19. The number of hydrogen-bond acceptors (Lipinski definition) is 5. The van der Waals surface area contributed by atoms with Crippen LogP contribution in [0.4, 0.5) is 24.5 Å². The minimum atomic E-state index is -4.56. The van der Waals surface area contributed by atoms with Crippen LogP contribution in [-0.4, -0.2) is 30.3 Å². The molecule has 3 amide bonds. The van der Waals surface area contributed by atoms with E-state index in [2.05, 4.69) is 11.4 Å². The fourth-order valence-corrected chi connectivity index (χ4v) is 5.46. The van der Waals surface area contributed by atoms with Crippen LogP contribution in [0.1, 0.15) is 29.3 Å². The van der Waals surface area contributed by atoms with E-state index in [1.54, 1.807) is 0 Å². The molecule has 2 fully saturated rings. The second-order valence-electron chi connectivity index (χ2n) is 9.23. The van der Waals surface area contributed by atoms with Crippen molar-refractivity contribution in [3.8, 4) is 0 Å². The molecule has 1 saturated carbocycles. The predicted molar refractivity (Wildman–Crippen MR) is 122 cm³/mol. The number of benzene rings is 2. The minimum absolute atomic E-state index is 0.0813.